The molecule has 3 rings (SSSR count). The van der Waals surface area contributed by atoms with E-state index >= 15 is 0 Å². The first-order valence-electron chi connectivity index (χ1n) is 9.75. The molecule has 0 aliphatic rings. The smallest absolute Gasteiger partial charge is 0.159 e. The summed E-state index contributed by atoms with van der Waals surface area (Å²) in [6.07, 6.45) is 10.6. The number of aryl methyl sites for hydroxylation is 1. The van der Waals surface area contributed by atoms with E-state index in [1.807, 2.05) is 18.5 Å². The van der Waals surface area contributed by atoms with Crippen molar-refractivity contribution in [3.05, 3.63) is 72.6 Å². The van der Waals surface area contributed by atoms with Gasteiger partial charge in [-0.05, 0) is 54.5 Å². The largest absolute Gasteiger partial charge is 0.248 e. The number of halogens is 1. The SMILES string of the molecule is C=CCc1cnc(-c2cccc3cc(CCCCCC(C)F)ccc23)nc1. The molecule has 1 aromatic heterocycles. The van der Waals surface area contributed by atoms with E-state index in [1.165, 1.54) is 16.3 Å². The molecule has 2 aromatic carbocycles. The number of alkyl halides is 1. The summed E-state index contributed by atoms with van der Waals surface area (Å²) < 4.78 is 12.8. The lowest BCUT2D eigenvalue weighted by molar-refractivity contribution is 0.330. The van der Waals surface area contributed by atoms with Crippen molar-refractivity contribution in [2.75, 3.05) is 0 Å². The first-order valence-corrected chi connectivity index (χ1v) is 9.75. The van der Waals surface area contributed by atoms with Crippen molar-refractivity contribution >= 4 is 10.8 Å². The van der Waals surface area contributed by atoms with Gasteiger partial charge in [-0.3, -0.25) is 0 Å². The minimum atomic E-state index is -0.683. The molecule has 0 saturated heterocycles. The van der Waals surface area contributed by atoms with Crippen molar-refractivity contribution in [1.82, 2.24) is 9.97 Å². The van der Waals surface area contributed by atoms with Gasteiger partial charge in [-0.25, -0.2) is 14.4 Å². The summed E-state index contributed by atoms with van der Waals surface area (Å²) in [5.74, 6) is 0.751. The fourth-order valence-electron chi connectivity index (χ4n) is 3.38. The number of hydrogen-bond donors (Lipinski definition) is 0. The summed E-state index contributed by atoms with van der Waals surface area (Å²) in [6.45, 7) is 5.39. The van der Waals surface area contributed by atoms with Gasteiger partial charge in [0.05, 0.1) is 6.17 Å². The zero-order valence-corrected chi connectivity index (χ0v) is 16.0. The molecular formula is C24H27FN2. The second-order valence-corrected chi connectivity index (χ2v) is 7.15. The maximum atomic E-state index is 12.8. The van der Waals surface area contributed by atoms with Crippen molar-refractivity contribution in [2.45, 2.75) is 51.6 Å². The van der Waals surface area contributed by atoms with Gasteiger partial charge < -0.3 is 0 Å². The van der Waals surface area contributed by atoms with Crippen LogP contribution in [0.1, 0.15) is 43.7 Å². The maximum Gasteiger partial charge on any atom is 0.159 e. The number of hydrogen-bond acceptors (Lipinski definition) is 2. The Labute approximate surface area is 161 Å². The zero-order valence-electron chi connectivity index (χ0n) is 16.0. The van der Waals surface area contributed by atoms with Crippen molar-refractivity contribution in [3.8, 4) is 11.4 Å². The fraction of sp³-hybridized carbons (Fsp3) is 0.333. The van der Waals surface area contributed by atoms with E-state index in [9.17, 15) is 4.39 Å². The molecule has 0 saturated carbocycles. The van der Waals surface area contributed by atoms with Crippen LogP contribution in [0.2, 0.25) is 0 Å². The van der Waals surface area contributed by atoms with E-state index in [0.29, 0.717) is 6.42 Å². The van der Waals surface area contributed by atoms with Crippen molar-refractivity contribution in [2.24, 2.45) is 0 Å². The number of nitrogens with zero attached hydrogens (tertiary/aromatic N) is 2. The Hall–Kier alpha value is -2.55. The van der Waals surface area contributed by atoms with Crippen molar-refractivity contribution < 1.29 is 4.39 Å². The summed E-state index contributed by atoms with van der Waals surface area (Å²) in [6, 6.07) is 12.9. The molecule has 0 amide bonds. The second-order valence-electron chi connectivity index (χ2n) is 7.15. The number of unbranched alkanes of at least 4 members (excludes halogenated alkanes) is 2. The number of allylic oxidation sites excluding steroid dienone is 1. The van der Waals surface area contributed by atoms with Gasteiger partial charge in [-0.1, -0.05) is 55.3 Å². The molecule has 2 nitrogen and oxygen atoms in total. The maximum absolute atomic E-state index is 12.8. The van der Waals surface area contributed by atoms with Gasteiger partial charge in [0, 0.05) is 18.0 Å². The highest BCUT2D eigenvalue weighted by Gasteiger charge is 2.07. The Morgan fingerprint density at radius 1 is 1.04 bits per heavy atom. The van der Waals surface area contributed by atoms with Crippen LogP contribution in [0.25, 0.3) is 22.2 Å². The van der Waals surface area contributed by atoms with Gasteiger partial charge in [0.2, 0.25) is 0 Å². The molecule has 0 spiro atoms. The normalized spacial score (nSPS) is 12.2. The van der Waals surface area contributed by atoms with Crippen LogP contribution in [0.15, 0.2) is 61.4 Å². The monoisotopic (exact) mass is 362 g/mol. The second kappa shape index (κ2) is 9.40. The summed E-state index contributed by atoms with van der Waals surface area (Å²) >= 11 is 0. The third kappa shape index (κ3) is 5.22. The van der Waals surface area contributed by atoms with Gasteiger partial charge in [0.1, 0.15) is 0 Å². The van der Waals surface area contributed by atoms with Crippen LogP contribution in [0.5, 0.6) is 0 Å². The Morgan fingerprint density at radius 3 is 2.59 bits per heavy atom. The van der Waals surface area contributed by atoms with E-state index in [2.05, 4.69) is 52.9 Å². The van der Waals surface area contributed by atoms with Crippen LogP contribution < -0.4 is 0 Å². The Kier molecular flexibility index (Phi) is 6.69. The molecule has 0 aliphatic carbocycles. The van der Waals surface area contributed by atoms with Gasteiger partial charge in [-0.2, -0.15) is 0 Å². The Morgan fingerprint density at radius 2 is 1.85 bits per heavy atom. The van der Waals surface area contributed by atoms with Crippen LogP contribution in [0, 0.1) is 0 Å². The highest BCUT2D eigenvalue weighted by atomic mass is 19.1. The number of rotatable bonds is 9. The van der Waals surface area contributed by atoms with Crippen LogP contribution in [-0.2, 0) is 12.8 Å². The van der Waals surface area contributed by atoms with Crippen molar-refractivity contribution in [1.29, 1.82) is 0 Å². The highest BCUT2D eigenvalue weighted by Crippen LogP contribution is 2.27. The molecule has 0 aliphatic heterocycles. The van der Waals surface area contributed by atoms with Gasteiger partial charge in [0.25, 0.3) is 0 Å². The van der Waals surface area contributed by atoms with E-state index in [-0.39, 0.29) is 0 Å². The summed E-state index contributed by atoms with van der Waals surface area (Å²) in [7, 11) is 0. The number of aromatic nitrogens is 2. The standard InChI is InChI=1S/C24H27FN2/c1-3-8-20-16-26-24(27-17-20)23-12-7-11-21-15-19(13-14-22(21)23)10-6-4-5-9-18(2)25/h3,7,11-18H,1,4-6,8-10H2,2H3. The van der Waals surface area contributed by atoms with Gasteiger partial charge in [0.15, 0.2) is 5.82 Å². The molecule has 0 N–H and O–H groups in total. The molecule has 0 radical (unpaired) electrons. The summed E-state index contributed by atoms with van der Waals surface area (Å²) in [4.78, 5) is 9.07. The van der Waals surface area contributed by atoms with E-state index in [4.69, 9.17) is 0 Å². The predicted molar refractivity (Wildman–Crippen MR) is 112 cm³/mol. The molecule has 27 heavy (non-hydrogen) atoms. The third-order valence-corrected chi connectivity index (χ3v) is 4.84. The predicted octanol–water partition coefficient (Wildman–Crippen LogP) is 6.49. The molecular weight excluding hydrogens is 335 g/mol. The van der Waals surface area contributed by atoms with Crippen molar-refractivity contribution in [3.63, 3.8) is 0 Å². The Bertz CT molecular complexity index is 885. The lowest BCUT2D eigenvalue weighted by Gasteiger charge is -2.09. The summed E-state index contributed by atoms with van der Waals surface area (Å²) in [5.41, 5.74) is 3.45. The van der Waals surface area contributed by atoms with Crippen LogP contribution in [0.3, 0.4) is 0 Å². The first-order chi connectivity index (χ1) is 13.2. The molecule has 1 heterocycles. The zero-order chi connectivity index (χ0) is 19.1. The third-order valence-electron chi connectivity index (χ3n) is 4.84. The Balaban J connectivity index is 1.74. The van der Waals surface area contributed by atoms with Crippen LogP contribution >= 0.6 is 0 Å². The van der Waals surface area contributed by atoms with Gasteiger partial charge >= 0.3 is 0 Å². The minimum absolute atomic E-state index is 0.673. The first kappa shape index (κ1) is 19.2. The average Bonchev–Trinajstić information content (AvgIpc) is 2.68. The molecule has 1 unspecified atom stereocenters. The lowest BCUT2D eigenvalue weighted by atomic mass is 9.98. The van der Waals surface area contributed by atoms with E-state index < -0.39 is 6.17 Å². The molecule has 3 heteroatoms. The molecule has 3 aromatic rings. The molecule has 1 atom stereocenters. The quantitative estimate of drug-likeness (QED) is 0.321. The minimum Gasteiger partial charge on any atom is -0.248 e. The van der Waals surface area contributed by atoms with Crippen LogP contribution in [0.4, 0.5) is 4.39 Å². The number of benzene rings is 2. The molecule has 0 bridgehead atoms. The average molecular weight is 362 g/mol. The topological polar surface area (TPSA) is 25.8 Å². The molecule has 140 valence electrons. The summed E-state index contributed by atoms with van der Waals surface area (Å²) in [5, 5.41) is 2.38. The fourth-order valence-corrected chi connectivity index (χ4v) is 3.38. The van der Waals surface area contributed by atoms with Gasteiger partial charge in [-0.15, -0.1) is 6.58 Å². The highest BCUT2D eigenvalue weighted by molar-refractivity contribution is 5.95. The number of fused-ring (bicyclic) bond motifs is 1. The lowest BCUT2D eigenvalue weighted by Crippen LogP contribution is -1.94. The van der Waals surface area contributed by atoms with Crippen LogP contribution in [-0.4, -0.2) is 16.1 Å². The van der Waals surface area contributed by atoms with E-state index in [1.54, 1.807) is 6.92 Å². The van der Waals surface area contributed by atoms with E-state index in [0.717, 1.165) is 49.1 Å². The molecule has 0 fully saturated rings.